The molecule has 0 aliphatic heterocycles. The van der Waals surface area contributed by atoms with Crippen LogP contribution in [0.1, 0.15) is 16.1 Å². The van der Waals surface area contributed by atoms with Crippen LogP contribution in [0.4, 0.5) is 5.69 Å². The highest BCUT2D eigenvalue weighted by molar-refractivity contribution is 9.13. The molecule has 0 aliphatic rings. The molecule has 0 bridgehead atoms. The van der Waals surface area contributed by atoms with Crippen LogP contribution in [0.15, 0.2) is 49.0 Å². The van der Waals surface area contributed by atoms with E-state index < -0.39 is 10.8 Å². The molecule has 2 rings (SSSR count). The van der Waals surface area contributed by atoms with E-state index in [2.05, 4.69) is 42.4 Å². The maximum Gasteiger partial charge on any atom is 0.271 e. The van der Waals surface area contributed by atoms with Gasteiger partial charge in [-0.3, -0.25) is 14.9 Å². The van der Waals surface area contributed by atoms with Crippen LogP contribution in [0.2, 0.25) is 0 Å². The highest BCUT2D eigenvalue weighted by Crippen LogP contribution is 2.25. The van der Waals surface area contributed by atoms with E-state index in [9.17, 15) is 14.9 Å². The number of nitro benzene ring substituents is 1. The van der Waals surface area contributed by atoms with Crippen molar-refractivity contribution in [3.8, 4) is 0 Å². The van der Waals surface area contributed by atoms with E-state index in [-0.39, 0.29) is 11.3 Å². The zero-order valence-corrected chi connectivity index (χ0v) is 13.4. The molecule has 21 heavy (non-hydrogen) atoms. The molecule has 0 saturated carbocycles. The standard InChI is InChI=1S/C12H7Br2N3O4/c13-10-5-9(21-11(10)14)6-15-16-12(18)7-1-3-8(4-2-7)17(19)20/h1-6H,(H,16,18)/b15-6+. The Morgan fingerprint density at radius 3 is 2.52 bits per heavy atom. The van der Waals surface area contributed by atoms with E-state index >= 15 is 0 Å². The quantitative estimate of drug-likeness (QED) is 0.468. The number of halogens is 2. The number of nitrogens with zero attached hydrogens (tertiary/aromatic N) is 2. The number of amides is 1. The molecule has 1 N–H and O–H groups in total. The van der Waals surface area contributed by atoms with E-state index in [1.165, 1.54) is 30.5 Å². The Hall–Kier alpha value is -2.00. The average Bonchev–Trinajstić information content (AvgIpc) is 2.77. The van der Waals surface area contributed by atoms with Crippen LogP contribution in [-0.2, 0) is 0 Å². The summed E-state index contributed by atoms with van der Waals surface area (Å²) in [5.74, 6) is -0.0383. The lowest BCUT2D eigenvalue weighted by atomic mass is 10.2. The van der Waals surface area contributed by atoms with Crippen molar-refractivity contribution in [1.82, 2.24) is 5.43 Å². The van der Waals surface area contributed by atoms with E-state index in [0.717, 1.165) is 4.47 Å². The van der Waals surface area contributed by atoms with Crippen molar-refractivity contribution >= 4 is 49.7 Å². The van der Waals surface area contributed by atoms with Gasteiger partial charge in [-0.1, -0.05) is 0 Å². The number of rotatable bonds is 4. The van der Waals surface area contributed by atoms with Crippen LogP contribution in [0, 0.1) is 10.1 Å². The van der Waals surface area contributed by atoms with Gasteiger partial charge in [-0.05, 0) is 44.0 Å². The topological polar surface area (TPSA) is 97.7 Å². The molecule has 0 fully saturated rings. The van der Waals surface area contributed by atoms with Crippen LogP contribution in [0.3, 0.4) is 0 Å². The number of nitro groups is 1. The number of non-ortho nitro benzene ring substituents is 1. The van der Waals surface area contributed by atoms with Gasteiger partial charge in [-0.15, -0.1) is 0 Å². The van der Waals surface area contributed by atoms with E-state index in [0.29, 0.717) is 10.4 Å². The third kappa shape index (κ3) is 3.99. The monoisotopic (exact) mass is 415 g/mol. The molecule has 0 aliphatic carbocycles. The van der Waals surface area contributed by atoms with Gasteiger partial charge in [0, 0.05) is 23.8 Å². The first-order chi connectivity index (χ1) is 9.97. The molecular formula is C12H7Br2N3O4. The predicted molar refractivity (Wildman–Crippen MR) is 82.3 cm³/mol. The molecular weight excluding hydrogens is 410 g/mol. The number of hydrazone groups is 1. The maximum atomic E-state index is 11.7. The van der Waals surface area contributed by atoms with E-state index in [1.54, 1.807) is 6.07 Å². The van der Waals surface area contributed by atoms with E-state index in [1.807, 2.05) is 0 Å². The second-order valence-corrected chi connectivity index (χ2v) is 5.35. The number of hydrogen-bond acceptors (Lipinski definition) is 5. The van der Waals surface area contributed by atoms with Crippen molar-refractivity contribution in [2.24, 2.45) is 5.10 Å². The van der Waals surface area contributed by atoms with Gasteiger partial charge < -0.3 is 4.42 Å². The van der Waals surface area contributed by atoms with Gasteiger partial charge in [0.15, 0.2) is 4.67 Å². The minimum atomic E-state index is -0.535. The summed E-state index contributed by atoms with van der Waals surface area (Å²) in [5, 5.41) is 14.2. The molecule has 7 nitrogen and oxygen atoms in total. The largest absolute Gasteiger partial charge is 0.447 e. The molecule has 0 saturated heterocycles. The van der Waals surface area contributed by atoms with Gasteiger partial charge in [-0.25, -0.2) is 5.43 Å². The second kappa shape index (κ2) is 6.64. The first-order valence-electron chi connectivity index (χ1n) is 5.50. The van der Waals surface area contributed by atoms with Gasteiger partial charge >= 0.3 is 0 Å². The minimum Gasteiger partial charge on any atom is -0.447 e. The van der Waals surface area contributed by atoms with Crippen LogP contribution in [0.5, 0.6) is 0 Å². The summed E-state index contributed by atoms with van der Waals surface area (Å²) in [6.07, 6.45) is 1.33. The van der Waals surface area contributed by atoms with Gasteiger partial charge in [0.1, 0.15) is 5.76 Å². The van der Waals surface area contributed by atoms with Crippen molar-refractivity contribution < 1.29 is 14.1 Å². The Labute approximate surface area is 135 Å². The number of nitrogens with one attached hydrogen (secondary N) is 1. The molecule has 1 heterocycles. The van der Waals surface area contributed by atoms with Crippen molar-refractivity contribution in [1.29, 1.82) is 0 Å². The number of carbonyl (C=O) groups is 1. The van der Waals surface area contributed by atoms with Gasteiger partial charge in [0.2, 0.25) is 0 Å². The van der Waals surface area contributed by atoms with Crippen molar-refractivity contribution in [2.45, 2.75) is 0 Å². The van der Waals surface area contributed by atoms with Crippen LogP contribution >= 0.6 is 31.9 Å². The smallest absolute Gasteiger partial charge is 0.271 e. The number of furan rings is 1. The molecule has 2 aromatic rings. The van der Waals surface area contributed by atoms with Gasteiger partial charge in [-0.2, -0.15) is 5.10 Å². The Kier molecular flexibility index (Phi) is 4.86. The summed E-state index contributed by atoms with van der Waals surface area (Å²) in [7, 11) is 0. The molecule has 0 spiro atoms. The van der Waals surface area contributed by atoms with Crippen molar-refractivity contribution in [3.63, 3.8) is 0 Å². The summed E-state index contributed by atoms with van der Waals surface area (Å²) in [6, 6.07) is 6.87. The zero-order chi connectivity index (χ0) is 15.4. The Balaban J connectivity index is 1.99. The van der Waals surface area contributed by atoms with Crippen molar-refractivity contribution in [3.05, 3.63) is 60.9 Å². The minimum absolute atomic E-state index is 0.0830. The summed E-state index contributed by atoms with van der Waals surface area (Å²) >= 11 is 6.42. The Morgan fingerprint density at radius 1 is 1.33 bits per heavy atom. The third-order valence-electron chi connectivity index (χ3n) is 2.36. The Morgan fingerprint density at radius 2 is 2.00 bits per heavy atom. The molecule has 9 heteroatoms. The number of carbonyl (C=O) groups excluding carboxylic acids is 1. The van der Waals surface area contributed by atoms with Crippen molar-refractivity contribution in [2.75, 3.05) is 0 Å². The molecule has 0 atom stereocenters. The molecule has 0 unspecified atom stereocenters. The summed E-state index contributed by atoms with van der Waals surface area (Å²) in [6.45, 7) is 0. The maximum absolute atomic E-state index is 11.7. The highest BCUT2D eigenvalue weighted by Gasteiger charge is 2.09. The second-order valence-electron chi connectivity index (χ2n) is 3.77. The van der Waals surface area contributed by atoms with Gasteiger partial charge in [0.05, 0.1) is 15.6 Å². The molecule has 0 radical (unpaired) electrons. The fourth-order valence-electron chi connectivity index (χ4n) is 1.38. The predicted octanol–water partition coefficient (Wildman–Crippen LogP) is 3.48. The fraction of sp³-hybridized carbons (Fsp3) is 0. The molecule has 1 aromatic carbocycles. The molecule has 1 aromatic heterocycles. The number of benzene rings is 1. The summed E-state index contributed by atoms with van der Waals surface area (Å²) in [5.41, 5.74) is 2.48. The van der Waals surface area contributed by atoms with E-state index in [4.69, 9.17) is 4.42 Å². The number of hydrogen-bond donors (Lipinski definition) is 1. The third-order valence-corrected chi connectivity index (χ3v) is 4.07. The first kappa shape index (κ1) is 15.4. The van der Waals surface area contributed by atoms with Crippen LogP contribution < -0.4 is 5.43 Å². The lowest BCUT2D eigenvalue weighted by Gasteiger charge is -1.98. The lowest BCUT2D eigenvalue weighted by molar-refractivity contribution is -0.384. The van der Waals surface area contributed by atoms with Gasteiger partial charge in [0.25, 0.3) is 11.6 Å². The normalized spacial score (nSPS) is 10.8. The molecule has 108 valence electrons. The average molecular weight is 417 g/mol. The zero-order valence-electron chi connectivity index (χ0n) is 10.2. The molecule has 1 amide bonds. The summed E-state index contributed by atoms with van der Waals surface area (Å²) in [4.78, 5) is 21.7. The highest BCUT2D eigenvalue weighted by atomic mass is 79.9. The summed E-state index contributed by atoms with van der Waals surface area (Å²) < 4.78 is 6.48. The van der Waals surface area contributed by atoms with Crippen LogP contribution in [0.25, 0.3) is 0 Å². The van der Waals surface area contributed by atoms with Crippen LogP contribution in [-0.4, -0.2) is 17.0 Å². The Bertz CT molecular complexity index is 690. The first-order valence-corrected chi connectivity index (χ1v) is 7.08. The lowest BCUT2D eigenvalue weighted by Crippen LogP contribution is -2.17. The fourth-order valence-corrected chi connectivity index (χ4v) is 1.99. The SMILES string of the molecule is O=C(N/N=C/c1cc(Br)c(Br)o1)c1ccc([N+](=O)[O-])cc1.